The van der Waals surface area contributed by atoms with Crippen molar-refractivity contribution in [2.75, 3.05) is 18.2 Å². The molecule has 1 heterocycles. The van der Waals surface area contributed by atoms with Crippen LogP contribution in [-0.4, -0.2) is 42.3 Å². The van der Waals surface area contributed by atoms with Gasteiger partial charge in [0.05, 0.1) is 23.8 Å². The Morgan fingerprint density at radius 3 is 2.46 bits per heavy atom. The number of carbonyl (C=O) groups excluding carboxylic acids is 2. The number of carboxylic acids is 1. The molecule has 0 fully saturated rings. The zero-order valence-electron chi connectivity index (χ0n) is 21.1. The van der Waals surface area contributed by atoms with Gasteiger partial charge in [0.2, 0.25) is 0 Å². The molecule has 10 heteroatoms. The number of carboxylic acid groups (broad SMARTS) is 1. The van der Waals surface area contributed by atoms with Crippen molar-refractivity contribution in [2.45, 2.75) is 62.3 Å². The number of benzene rings is 2. The highest BCUT2D eigenvalue weighted by Crippen LogP contribution is 2.48. The van der Waals surface area contributed by atoms with E-state index in [1.807, 2.05) is 31.2 Å². The quantitative estimate of drug-likeness (QED) is 0.324. The molecule has 0 bridgehead atoms. The van der Waals surface area contributed by atoms with E-state index in [9.17, 15) is 18.8 Å². The van der Waals surface area contributed by atoms with Crippen LogP contribution in [0.4, 0.5) is 20.6 Å². The number of hydrogen-bond donors (Lipinski definition) is 2. The van der Waals surface area contributed by atoms with Crippen molar-refractivity contribution in [1.29, 1.82) is 0 Å². The molecule has 0 spiro atoms. The monoisotopic (exact) mass is 550 g/mol. The largest absolute Gasteiger partial charge is 0.481 e. The van der Waals surface area contributed by atoms with Gasteiger partial charge in [-0.1, -0.05) is 75.2 Å². The minimum atomic E-state index is -1.30. The number of halogens is 2. The second-order valence-electron chi connectivity index (χ2n) is 8.19. The van der Waals surface area contributed by atoms with Crippen LogP contribution in [0.1, 0.15) is 46.5 Å². The van der Waals surface area contributed by atoms with E-state index >= 15 is 0 Å². The third-order valence-corrected chi connectivity index (χ3v) is 6.33. The molecule has 0 saturated heterocycles. The van der Waals surface area contributed by atoms with Gasteiger partial charge in [-0.15, -0.1) is 0 Å². The highest BCUT2D eigenvalue weighted by atomic mass is 35.5. The third-order valence-electron chi connectivity index (χ3n) is 4.96. The maximum atomic E-state index is 13.2. The standard InChI is InChI=1S/C24H24ClFN2O5S.C3H8/c1-2-3-6-16(27-17(12-23(30)31)20(29)13-26)14-33-24(32)28-18-7-4-5-8-21(18)34-22-10-9-15(25)11-19(22)28;1-3-2/h4-11,17,27H,2-3,12-14H2,1H3,(H,30,31);3H2,1-2H3/b16-6+;. The van der Waals surface area contributed by atoms with Crippen LogP contribution in [0.2, 0.25) is 5.02 Å². The lowest BCUT2D eigenvalue weighted by Crippen LogP contribution is -2.40. The fourth-order valence-corrected chi connectivity index (χ4v) is 4.55. The SMILES string of the molecule is CCC.CCC/C=C(\COC(=O)N1c2ccccc2Sc2ccc(Cl)cc21)NC(CC(=O)O)C(=O)CF. The highest BCUT2D eigenvalue weighted by Gasteiger charge is 2.30. The third kappa shape index (κ3) is 8.79. The number of unbranched alkanes of at least 4 members (excludes halogenated alkanes) is 1. The number of ether oxygens (including phenoxy) is 1. The van der Waals surface area contributed by atoms with Crippen LogP contribution in [0, 0.1) is 0 Å². The molecule has 0 saturated carbocycles. The van der Waals surface area contributed by atoms with Crippen LogP contribution in [-0.2, 0) is 14.3 Å². The maximum Gasteiger partial charge on any atom is 0.419 e. The number of rotatable bonds is 10. The summed E-state index contributed by atoms with van der Waals surface area (Å²) in [7, 11) is 0. The first-order valence-electron chi connectivity index (χ1n) is 12.0. The van der Waals surface area contributed by atoms with E-state index in [-0.39, 0.29) is 6.61 Å². The van der Waals surface area contributed by atoms with E-state index < -0.39 is 37.0 Å². The van der Waals surface area contributed by atoms with Crippen LogP contribution in [0.15, 0.2) is 64.0 Å². The number of aliphatic carboxylic acids is 1. The lowest BCUT2D eigenvalue weighted by Gasteiger charge is -2.30. The molecule has 2 N–H and O–H groups in total. The number of allylic oxidation sites excluding steroid dienone is 1. The van der Waals surface area contributed by atoms with E-state index in [1.165, 1.54) is 23.1 Å². The first-order valence-corrected chi connectivity index (χ1v) is 13.2. The van der Waals surface area contributed by atoms with Crippen LogP contribution in [0.5, 0.6) is 0 Å². The van der Waals surface area contributed by atoms with Gasteiger partial charge >= 0.3 is 12.1 Å². The highest BCUT2D eigenvalue weighted by molar-refractivity contribution is 7.99. The lowest BCUT2D eigenvalue weighted by atomic mass is 10.1. The summed E-state index contributed by atoms with van der Waals surface area (Å²) in [5.41, 5.74) is 1.54. The van der Waals surface area contributed by atoms with Crippen molar-refractivity contribution >= 4 is 52.6 Å². The Kier molecular flexibility index (Phi) is 12.5. The minimum absolute atomic E-state index is 0.254. The van der Waals surface area contributed by atoms with Crippen LogP contribution >= 0.6 is 23.4 Å². The number of ketones is 1. The summed E-state index contributed by atoms with van der Waals surface area (Å²) >= 11 is 7.69. The van der Waals surface area contributed by atoms with E-state index in [2.05, 4.69) is 19.2 Å². The fraction of sp³-hybridized carbons (Fsp3) is 0.370. The zero-order chi connectivity index (χ0) is 27.4. The average Bonchev–Trinajstić information content (AvgIpc) is 2.87. The lowest BCUT2D eigenvalue weighted by molar-refractivity contribution is -0.139. The molecule has 1 atom stereocenters. The predicted octanol–water partition coefficient (Wildman–Crippen LogP) is 7.15. The molecule has 0 aliphatic carbocycles. The Labute approximate surface area is 226 Å². The molecule has 2 aromatic rings. The number of amides is 1. The average molecular weight is 551 g/mol. The van der Waals surface area contributed by atoms with Gasteiger partial charge in [0, 0.05) is 20.5 Å². The second-order valence-corrected chi connectivity index (χ2v) is 9.71. The van der Waals surface area contributed by atoms with Crippen LogP contribution in [0.3, 0.4) is 0 Å². The van der Waals surface area contributed by atoms with Crippen molar-refractivity contribution in [3.8, 4) is 0 Å². The summed E-state index contributed by atoms with van der Waals surface area (Å²) in [5, 5.41) is 12.3. The first kappa shape index (κ1) is 30.2. The summed E-state index contributed by atoms with van der Waals surface area (Å²) in [6, 6.07) is 11.3. The van der Waals surface area contributed by atoms with Gasteiger partial charge < -0.3 is 15.2 Å². The zero-order valence-corrected chi connectivity index (χ0v) is 22.7. The molecule has 1 amide bonds. The molecule has 1 aliphatic heterocycles. The van der Waals surface area contributed by atoms with Gasteiger partial charge in [-0.3, -0.25) is 9.59 Å². The number of fused-ring (bicyclic) bond motifs is 2. The van der Waals surface area contributed by atoms with Crippen LogP contribution in [0.25, 0.3) is 0 Å². The van der Waals surface area contributed by atoms with E-state index in [0.717, 1.165) is 16.2 Å². The number of anilines is 2. The van der Waals surface area contributed by atoms with Gasteiger partial charge in [0.15, 0.2) is 5.78 Å². The molecule has 1 unspecified atom stereocenters. The smallest absolute Gasteiger partial charge is 0.419 e. The van der Waals surface area contributed by atoms with Crippen molar-refractivity contribution < 1.29 is 28.6 Å². The number of nitrogens with zero attached hydrogens (tertiary/aromatic N) is 1. The summed E-state index contributed by atoms with van der Waals surface area (Å²) in [4.78, 5) is 39.4. The molecule has 3 rings (SSSR count). The van der Waals surface area contributed by atoms with Gasteiger partial charge in [0.1, 0.15) is 13.3 Å². The molecular weight excluding hydrogens is 519 g/mol. The van der Waals surface area contributed by atoms with Gasteiger partial charge in [-0.05, 0) is 36.8 Å². The first-order chi connectivity index (χ1) is 17.7. The number of nitrogens with one attached hydrogen (secondary N) is 1. The van der Waals surface area contributed by atoms with Crippen molar-refractivity contribution in [3.05, 3.63) is 59.3 Å². The van der Waals surface area contributed by atoms with Gasteiger partial charge in [-0.2, -0.15) is 0 Å². The van der Waals surface area contributed by atoms with E-state index in [1.54, 1.807) is 24.3 Å². The molecule has 0 aromatic heterocycles. The Morgan fingerprint density at radius 1 is 1.14 bits per heavy atom. The molecule has 200 valence electrons. The molecule has 7 nitrogen and oxygen atoms in total. The number of hydrogen-bond acceptors (Lipinski definition) is 6. The van der Waals surface area contributed by atoms with E-state index in [4.69, 9.17) is 21.4 Å². The van der Waals surface area contributed by atoms with Crippen molar-refractivity contribution in [1.82, 2.24) is 5.32 Å². The Bertz CT molecular complexity index is 1130. The molecule has 2 aromatic carbocycles. The minimum Gasteiger partial charge on any atom is -0.481 e. The predicted molar refractivity (Wildman–Crippen MR) is 145 cm³/mol. The molecule has 37 heavy (non-hydrogen) atoms. The van der Waals surface area contributed by atoms with Crippen molar-refractivity contribution in [3.63, 3.8) is 0 Å². The summed E-state index contributed by atoms with van der Waals surface area (Å²) in [6.07, 6.45) is 3.04. The Balaban J connectivity index is 0.00000153. The summed E-state index contributed by atoms with van der Waals surface area (Å²) < 4.78 is 18.5. The number of carbonyl (C=O) groups is 3. The number of para-hydroxylation sites is 1. The number of Topliss-reactive ketones (excluding diaryl/α,β-unsaturated/α-hetero) is 1. The molecular formula is C27H32ClFN2O5S. The molecule has 0 radical (unpaired) electrons. The van der Waals surface area contributed by atoms with Gasteiger partial charge in [-0.25, -0.2) is 14.1 Å². The van der Waals surface area contributed by atoms with Gasteiger partial charge in [0.25, 0.3) is 0 Å². The number of alkyl halides is 1. The summed E-state index contributed by atoms with van der Waals surface area (Å²) in [5.74, 6) is -2.14. The van der Waals surface area contributed by atoms with Crippen LogP contribution < -0.4 is 10.2 Å². The Hall–Kier alpha value is -3.04. The summed E-state index contributed by atoms with van der Waals surface area (Å²) in [6.45, 7) is 4.63. The van der Waals surface area contributed by atoms with E-state index in [0.29, 0.717) is 28.5 Å². The second kappa shape index (κ2) is 15.3. The maximum absolute atomic E-state index is 13.2. The van der Waals surface area contributed by atoms with Crippen molar-refractivity contribution in [2.24, 2.45) is 0 Å². The topological polar surface area (TPSA) is 95.9 Å². The molecule has 1 aliphatic rings. The normalized spacial score (nSPS) is 12.9. The fourth-order valence-electron chi connectivity index (χ4n) is 3.34. The Morgan fingerprint density at radius 2 is 1.81 bits per heavy atom.